The molecule has 0 aromatic heterocycles. The standard InChI is InChI=1S/C10H18BrNO3S/c1-4-15-10(14)8(5-6-16-3)12-9(13)7(2)11/h7-8H,4-6H2,1-3H3,(H,12,13). The van der Waals surface area contributed by atoms with Crippen molar-refractivity contribution in [3.63, 3.8) is 0 Å². The molecule has 0 aliphatic carbocycles. The van der Waals surface area contributed by atoms with Gasteiger partial charge in [-0.05, 0) is 32.3 Å². The predicted molar refractivity (Wildman–Crippen MR) is 70.0 cm³/mol. The molecule has 16 heavy (non-hydrogen) atoms. The van der Waals surface area contributed by atoms with Crippen LogP contribution in [0.4, 0.5) is 0 Å². The third-order valence-electron chi connectivity index (χ3n) is 1.86. The Morgan fingerprint density at radius 1 is 1.50 bits per heavy atom. The fraction of sp³-hybridized carbons (Fsp3) is 0.800. The summed E-state index contributed by atoms with van der Waals surface area (Å²) in [6, 6.07) is -0.542. The molecule has 0 aromatic rings. The first kappa shape index (κ1) is 15.8. The van der Waals surface area contributed by atoms with Crippen molar-refractivity contribution in [2.45, 2.75) is 31.1 Å². The number of carbonyl (C=O) groups is 2. The molecule has 0 spiro atoms. The molecule has 2 atom stereocenters. The van der Waals surface area contributed by atoms with Crippen molar-refractivity contribution < 1.29 is 14.3 Å². The summed E-state index contributed by atoms with van der Waals surface area (Å²) in [7, 11) is 0. The zero-order valence-electron chi connectivity index (χ0n) is 9.79. The van der Waals surface area contributed by atoms with Gasteiger partial charge in [-0.15, -0.1) is 0 Å². The molecular formula is C10H18BrNO3S. The highest BCUT2D eigenvalue weighted by atomic mass is 79.9. The van der Waals surface area contributed by atoms with Gasteiger partial charge in [0.05, 0.1) is 11.4 Å². The Hall–Kier alpha value is -0.230. The number of amides is 1. The molecule has 0 fully saturated rings. The second kappa shape index (κ2) is 8.87. The topological polar surface area (TPSA) is 55.4 Å². The quantitative estimate of drug-likeness (QED) is 0.573. The largest absolute Gasteiger partial charge is 0.464 e. The van der Waals surface area contributed by atoms with E-state index in [1.165, 1.54) is 0 Å². The van der Waals surface area contributed by atoms with Gasteiger partial charge >= 0.3 is 5.97 Å². The fourth-order valence-corrected chi connectivity index (χ4v) is 1.62. The normalized spacial score (nSPS) is 14.0. The Kier molecular flexibility index (Phi) is 8.74. The Bertz CT molecular complexity index is 236. The third-order valence-corrected chi connectivity index (χ3v) is 2.92. The number of rotatable bonds is 7. The van der Waals surface area contributed by atoms with Gasteiger partial charge in [0.2, 0.25) is 5.91 Å². The first-order valence-electron chi connectivity index (χ1n) is 5.12. The Morgan fingerprint density at radius 2 is 2.12 bits per heavy atom. The number of halogens is 1. The molecule has 0 rings (SSSR count). The molecular weight excluding hydrogens is 294 g/mol. The molecule has 0 aromatic carbocycles. The highest BCUT2D eigenvalue weighted by Crippen LogP contribution is 2.05. The Labute approximate surface area is 109 Å². The van der Waals surface area contributed by atoms with Gasteiger partial charge in [0.25, 0.3) is 0 Å². The van der Waals surface area contributed by atoms with Gasteiger partial charge in [0.1, 0.15) is 6.04 Å². The number of esters is 1. The van der Waals surface area contributed by atoms with Crippen molar-refractivity contribution in [3.8, 4) is 0 Å². The van der Waals surface area contributed by atoms with E-state index in [0.717, 1.165) is 5.75 Å². The van der Waals surface area contributed by atoms with Crippen molar-refractivity contribution in [2.75, 3.05) is 18.6 Å². The zero-order chi connectivity index (χ0) is 12.6. The molecule has 1 N–H and O–H groups in total. The van der Waals surface area contributed by atoms with E-state index < -0.39 is 6.04 Å². The number of thioether (sulfide) groups is 1. The van der Waals surface area contributed by atoms with Gasteiger partial charge in [0.15, 0.2) is 0 Å². The van der Waals surface area contributed by atoms with Crippen molar-refractivity contribution in [3.05, 3.63) is 0 Å². The predicted octanol–water partition coefficient (Wildman–Crippen LogP) is 1.57. The first-order valence-corrected chi connectivity index (χ1v) is 7.43. The van der Waals surface area contributed by atoms with Gasteiger partial charge in [-0.1, -0.05) is 15.9 Å². The molecule has 0 saturated heterocycles. The van der Waals surface area contributed by atoms with Crippen LogP contribution in [0.5, 0.6) is 0 Å². The number of hydrogen-bond donors (Lipinski definition) is 1. The Balaban J connectivity index is 4.30. The van der Waals surface area contributed by atoms with Crippen molar-refractivity contribution in [2.24, 2.45) is 0 Å². The number of hydrogen-bond acceptors (Lipinski definition) is 4. The molecule has 0 radical (unpaired) electrons. The van der Waals surface area contributed by atoms with Crippen LogP contribution in [0.1, 0.15) is 20.3 Å². The first-order chi connectivity index (χ1) is 7.52. The van der Waals surface area contributed by atoms with Gasteiger partial charge in [-0.25, -0.2) is 4.79 Å². The average molecular weight is 312 g/mol. The summed E-state index contributed by atoms with van der Waals surface area (Å²) < 4.78 is 4.90. The minimum Gasteiger partial charge on any atom is -0.464 e. The molecule has 0 heterocycles. The van der Waals surface area contributed by atoms with Crippen LogP contribution in [0.15, 0.2) is 0 Å². The zero-order valence-corrected chi connectivity index (χ0v) is 12.2. The summed E-state index contributed by atoms with van der Waals surface area (Å²) in [6.07, 6.45) is 2.54. The molecule has 1 amide bonds. The summed E-state index contributed by atoms with van der Waals surface area (Å²) in [5.74, 6) is 0.248. The molecule has 94 valence electrons. The second-order valence-corrected chi connectivity index (χ2v) is 5.57. The van der Waals surface area contributed by atoms with Crippen molar-refractivity contribution in [1.29, 1.82) is 0 Å². The lowest BCUT2D eigenvalue weighted by Gasteiger charge is -2.17. The van der Waals surface area contributed by atoms with Gasteiger partial charge in [-0.3, -0.25) is 4.79 Å². The highest BCUT2D eigenvalue weighted by Gasteiger charge is 2.22. The van der Waals surface area contributed by atoms with E-state index in [9.17, 15) is 9.59 Å². The van der Waals surface area contributed by atoms with E-state index in [-0.39, 0.29) is 16.7 Å². The van der Waals surface area contributed by atoms with Crippen LogP contribution < -0.4 is 5.32 Å². The van der Waals surface area contributed by atoms with Crippen LogP contribution in [0, 0.1) is 0 Å². The Morgan fingerprint density at radius 3 is 2.56 bits per heavy atom. The SMILES string of the molecule is CCOC(=O)C(CCSC)NC(=O)C(C)Br. The molecule has 0 aliphatic rings. The van der Waals surface area contributed by atoms with Crippen LogP contribution in [0.2, 0.25) is 0 Å². The van der Waals surface area contributed by atoms with E-state index >= 15 is 0 Å². The molecule has 2 unspecified atom stereocenters. The molecule has 4 nitrogen and oxygen atoms in total. The molecule has 0 saturated carbocycles. The molecule has 0 bridgehead atoms. The number of carbonyl (C=O) groups excluding carboxylic acids is 2. The maximum absolute atomic E-state index is 11.5. The van der Waals surface area contributed by atoms with Crippen LogP contribution in [-0.4, -0.2) is 41.4 Å². The summed E-state index contributed by atoms with van der Waals surface area (Å²) in [5.41, 5.74) is 0. The minimum atomic E-state index is -0.542. The van der Waals surface area contributed by atoms with Crippen LogP contribution >= 0.6 is 27.7 Å². The van der Waals surface area contributed by atoms with Crippen molar-refractivity contribution >= 4 is 39.6 Å². The summed E-state index contributed by atoms with van der Waals surface area (Å²) >= 11 is 4.79. The maximum Gasteiger partial charge on any atom is 0.328 e. The fourth-order valence-electron chi connectivity index (χ4n) is 1.01. The number of alkyl halides is 1. The molecule has 6 heteroatoms. The smallest absolute Gasteiger partial charge is 0.328 e. The van der Waals surface area contributed by atoms with Crippen LogP contribution in [0.25, 0.3) is 0 Å². The lowest BCUT2D eigenvalue weighted by Crippen LogP contribution is -2.44. The van der Waals surface area contributed by atoms with E-state index in [0.29, 0.717) is 13.0 Å². The summed E-state index contributed by atoms with van der Waals surface area (Å²) in [5, 5.41) is 2.66. The molecule has 0 aliphatic heterocycles. The van der Waals surface area contributed by atoms with Crippen molar-refractivity contribution in [1.82, 2.24) is 5.32 Å². The highest BCUT2D eigenvalue weighted by molar-refractivity contribution is 9.10. The minimum absolute atomic E-state index is 0.195. The summed E-state index contributed by atoms with van der Waals surface area (Å²) in [6.45, 7) is 3.79. The third kappa shape index (κ3) is 6.37. The number of nitrogens with one attached hydrogen (secondary N) is 1. The maximum atomic E-state index is 11.5. The second-order valence-electron chi connectivity index (χ2n) is 3.21. The average Bonchev–Trinajstić information content (AvgIpc) is 2.23. The number of ether oxygens (including phenoxy) is 1. The van der Waals surface area contributed by atoms with E-state index in [1.54, 1.807) is 25.6 Å². The van der Waals surface area contributed by atoms with Gasteiger partial charge < -0.3 is 10.1 Å². The van der Waals surface area contributed by atoms with E-state index in [2.05, 4.69) is 21.2 Å². The van der Waals surface area contributed by atoms with E-state index in [4.69, 9.17) is 4.74 Å². The van der Waals surface area contributed by atoms with Crippen LogP contribution in [0.3, 0.4) is 0 Å². The monoisotopic (exact) mass is 311 g/mol. The van der Waals surface area contributed by atoms with Crippen LogP contribution in [-0.2, 0) is 14.3 Å². The van der Waals surface area contributed by atoms with Gasteiger partial charge in [0, 0.05) is 0 Å². The lowest BCUT2D eigenvalue weighted by atomic mass is 10.2. The summed E-state index contributed by atoms with van der Waals surface area (Å²) in [4.78, 5) is 22.7. The lowest BCUT2D eigenvalue weighted by molar-refractivity contribution is -0.147. The van der Waals surface area contributed by atoms with Gasteiger partial charge in [-0.2, -0.15) is 11.8 Å². The van der Waals surface area contributed by atoms with E-state index in [1.807, 2.05) is 6.26 Å².